The zero-order valence-electron chi connectivity index (χ0n) is 15.8. The molecule has 1 unspecified atom stereocenters. The standard InChI is InChI=1S/C18H29N5OS/c1-12(2)17-22-16(24-23-17)7-6-10-20-18(19-5)21-13(3)11-15-9-8-14(4)25-15/h8-9,12-13H,6-7,10-11H2,1-5H3,(H2,19,20,21). The first-order valence-corrected chi connectivity index (χ1v) is 9.64. The average Bonchev–Trinajstić information content (AvgIpc) is 3.19. The number of aryl methyl sites for hydroxylation is 2. The summed E-state index contributed by atoms with van der Waals surface area (Å²) >= 11 is 1.85. The van der Waals surface area contributed by atoms with Crippen LogP contribution < -0.4 is 10.6 Å². The van der Waals surface area contributed by atoms with Crippen molar-refractivity contribution in [2.75, 3.05) is 13.6 Å². The van der Waals surface area contributed by atoms with Crippen LogP contribution in [-0.2, 0) is 12.8 Å². The van der Waals surface area contributed by atoms with Crippen LogP contribution in [0.1, 0.15) is 54.6 Å². The Hall–Kier alpha value is -1.89. The molecule has 7 heteroatoms. The number of aliphatic imine (C=N–C) groups is 1. The number of rotatable bonds is 8. The fraction of sp³-hybridized carbons (Fsp3) is 0.611. The number of nitrogens with zero attached hydrogens (tertiary/aromatic N) is 3. The van der Waals surface area contributed by atoms with Crippen LogP contribution in [0.5, 0.6) is 0 Å². The Balaban J connectivity index is 1.69. The van der Waals surface area contributed by atoms with Gasteiger partial charge in [-0.2, -0.15) is 4.98 Å². The van der Waals surface area contributed by atoms with Gasteiger partial charge in [-0.3, -0.25) is 4.99 Å². The minimum absolute atomic E-state index is 0.298. The van der Waals surface area contributed by atoms with Crippen molar-refractivity contribution in [1.29, 1.82) is 0 Å². The van der Waals surface area contributed by atoms with Gasteiger partial charge in [0.2, 0.25) is 5.89 Å². The van der Waals surface area contributed by atoms with Gasteiger partial charge in [0.25, 0.3) is 0 Å². The van der Waals surface area contributed by atoms with Crippen molar-refractivity contribution in [2.45, 2.75) is 58.9 Å². The van der Waals surface area contributed by atoms with Crippen molar-refractivity contribution >= 4 is 17.3 Å². The second-order valence-corrected chi connectivity index (χ2v) is 7.94. The molecule has 0 saturated heterocycles. The Morgan fingerprint density at radius 2 is 2.12 bits per heavy atom. The quantitative estimate of drug-likeness (QED) is 0.428. The van der Waals surface area contributed by atoms with Gasteiger partial charge in [0.05, 0.1) is 0 Å². The molecule has 0 saturated carbocycles. The maximum absolute atomic E-state index is 5.26. The van der Waals surface area contributed by atoms with Crippen LogP contribution in [0.4, 0.5) is 0 Å². The highest BCUT2D eigenvalue weighted by molar-refractivity contribution is 7.11. The van der Waals surface area contributed by atoms with Crippen molar-refractivity contribution in [2.24, 2.45) is 4.99 Å². The lowest BCUT2D eigenvalue weighted by molar-refractivity contribution is 0.368. The van der Waals surface area contributed by atoms with Gasteiger partial charge >= 0.3 is 0 Å². The Kier molecular flexibility index (Phi) is 7.43. The maximum Gasteiger partial charge on any atom is 0.226 e. The molecule has 0 aromatic carbocycles. The number of thiophene rings is 1. The molecule has 0 aliphatic heterocycles. The van der Waals surface area contributed by atoms with Crippen LogP contribution in [0, 0.1) is 6.92 Å². The first kappa shape index (κ1) is 19.4. The van der Waals surface area contributed by atoms with Gasteiger partial charge in [0, 0.05) is 48.1 Å². The van der Waals surface area contributed by atoms with E-state index in [9.17, 15) is 0 Å². The summed E-state index contributed by atoms with van der Waals surface area (Å²) in [6, 6.07) is 4.69. The zero-order valence-corrected chi connectivity index (χ0v) is 16.6. The Morgan fingerprint density at radius 1 is 1.32 bits per heavy atom. The van der Waals surface area contributed by atoms with Crippen LogP contribution in [0.2, 0.25) is 0 Å². The monoisotopic (exact) mass is 363 g/mol. The molecule has 0 amide bonds. The first-order chi connectivity index (χ1) is 12.0. The summed E-state index contributed by atoms with van der Waals surface area (Å²) in [6.45, 7) is 9.24. The molecule has 0 aliphatic rings. The highest BCUT2D eigenvalue weighted by atomic mass is 32.1. The number of nitrogens with one attached hydrogen (secondary N) is 2. The number of aromatic nitrogens is 2. The topological polar surface area (TPSA) is 75.3 Å². The summed E-state index contributed by atoms with van der Waals surface area (Å²) in [5.41, 5.74) is 0. The third-order valence-electron chi connectivity index (χ3n) is 3.77. The van der Waals surface area contributed by atoms with Gasteiger partial charge in [-0.1, -0.05) is 19.0 Å². The van der Waals surface area contributed by atoms with Crippen LogP contribution in [0.25, 0.3) is 0 Å². The SMILES string of the molecule is CN=C(NCCCc1nc(C(C)C)no1)NC(C)Cc1ccc(C)s1. The van der Waals surface area contributed by atoms with Crippen molar-refractivity contribution in [3.05, 3.63) is 33.6 Å². The first-order valence-electron chi connectivity index (χ1n) is 8.83. The maximum atomic E-state index is 5.26. The zero-order chi connectivity index (χ0) is 18.2. The lowest BCUT2D eigenvalue weighted by Gasteiger charge is -2.17. The Morgan fingerprint density at radius 3 is 2.72 bits per heavy atom. The van der Waals surface area contributed by atoms with Gasteiger partial charge in [-0.25, -0.2) is 0 Å². The predicted octanol–water partition coefficient (Wildman–Crippen LogP) is 3.29. The lowest BCUT2D eigenvalue weighted by Crippen LogP contribution is -2.43. The number of hydrogen-bond donors (Lipinski definition) is 2. The Bertz CT molecular complexity index is 677. The summed E-state index contributed by atoms with van der Waals surface area (Å²) < 4.78 is 5.26. The third kappa shape index (κ3) is 6.49. The fourth-order valence-electron chi connectivity index (χ4n) is 2.43. The van der Waals surface area contributed by atoms with Crippen LogP contribution in [-0.4, -0.2) is 35.7 Å². The van der Waals surface area contributed by atoms with Gasteiger partial charge < -0.3 is 15.2 Å². The van der Waals surface area contributed by atoms with E-state index in [4.69, 9.17) is 4.52 Å². The average molecular weight is 364 g/mol. The summed E-state index contributed by atoms with van der Waals surface area (Å²) in [5, 5.41) is 10.8. The van der Waals surface area contributed by atoms with E-state index in [-0.39, 0.29) is 0 Å². The molecule has 6 nitrogen and oxygen atoms in total. The van der Waals surface area contributed by atoms with E-state index < -0.39 is 0 Å². The molecule has 0 aliphatic carbocycles. The molecular weight excluding hydrogens is 334 g/mol. The van der Waals surface area contributed by atoms with Crippen molar-refractivity contribution in [3.8, 4) is 0 Å². The third-order valence-corrected chi connectivity index (χ3v) is 4.79. The van der Waals surface area contributed by atoms with E-state index >= 15 is 0 Å². The fourth-order valence-corrected chi connectivity index (χ4v) is 3.45. The largest absolute Gasteiger partial charge is 0.356 e. The van der Waals surface area contributed by atoms with Crippen molar-refractivity contribution in [1.82, 2.24) is 20.8 Å². The molecule has 25 heavy (non-hydrogen) atoms. The smallest absolute Gasteiger partial charge is 0.226 e. The number of hydrogen-bond acceptors (Lipinski definition) is 5. The molecule has 0 bridgehead atoms. The predicted molar refractivity (Wildman–Crippen MR) is 103 cm³/mol. The van der Waals surface area contributed by atoms with Crippen molar-refractivity contribution < 1.29 is 4.52 Å². The van der Waals surface area contributed by atoms with Gasteiger partial charge in [0.1, 0.15) is 0 Å². The molecule has 0 fully saturated rings. The molecule has 2 aromatic rings. The summed E-state index contributed by atoms with van der Waals surface area (Å²) in [5.74, 6) is 2.61. The van der Waals surface area contributed by atoms with Gasteiger partial charge in [0.15, 0.2) is 11.8 Å². The highest BCUT2D eigenvalue weighted by Gasteiger charge is 2.10. The van der Waals surface area contributed by atoms with E-state index in [1.807, 2.05) is 11.3 Å². The molecule has 2 aromatic heterocycles. The summed E-state index contributed by atoms with van der Waals surface area (Å²) in [6.07, 6.45) is 2.69. The second kappa shape index (κ2) is 9.56. The number of guanidine groups is 1. The van der Waals surface area contributed by atoms with Crippen LogP contribution in [0.3, 0.4) is 0 Å². The molecule has 2 rings (SSSR count). The van der Waals surface area contributed by atoms with E-state index in [1.54, 1.807) is 7.05 Å². The summed E-state index contributed by atoms with van der Waals surface area (Å²) in [7, 11) is 1.80. The molecule has 0 spiro atoms. The van der Waals surface area contributed by atoms with E-state index in [2.05, 4.69) is 65.6 Å². The molecule has 1 atom stereocenters. The molecular formula is C18H29N5OS. The summed E-state index contributed by atoms with van der Waals surface area (Å²) in [4.78, 5) is 11.4. The van der Waals surface area contributed by atoms with E-state index in [1.165, 1.54) is 9.75 Å². The lowest BCUT2D eigenvalue weighted by atomic mass is 10.2. The Labute approximate surface area is 154 Å². The molecule has 2 N–H and O–H groups in total. The minimum atomic E-state index is 0.298. The normalized spacial score (nSPS) is 13.3. The molecule has 138 valence electrons. The van der Waals surface area contributed by atoms with Crippen LogP contribution in [0.15, 0.2) is 21.6 Å². The molecule has 2 heterocycles. The minimum Gasteiger partial charge on any atom is -0.356 e. The van der Waals surface area contributed by atoms with E-state index in [0.717, 1.165) is 37.6 Å². The highest BCUT2D eigenvalue weighted by Crippen LogP contribution is 2.16. The van der Waals surface area contributed by atoms with Gasteiger partial charge in [-0.15, -0.1) is 11.3 Å². The van der Waals surface area contributed by atoms with Gasteiger partial charge in [-0.05, 0) is 32.4 Å². The van der Waals surface area contributed by atoms with Crippen LogP contribution >= 0.6 is 11.3 Å². The second-order valence-electron chi connectivity index (χ2n) is 6.57. The van der Waals surface area contributed by atoms with Crippen molar-refractivity contribution in [3.63, 3.8) is 0 Å². The van der Waals surface area contributed by atoms with E-state index in [0.29, 0.717) is 17.9 Å². The molecule has 0 radical (unpaired) electrons.